The van der Waals surface area contributed by atoms with E-state index in [0.717, 1.165) is 33.2 Å². The summed E-state index contributed by atoms with van der Waals surface area (Å²) >= 11 is 12.8. The molecule has 0 spiro atoms. The van der Waals surface area contributed by atoms with Gasteiger partial charge in [0.2, 0.25) is 0 Å². The molecule has 0 saturated heterocycles. The summed E-state index contributed by atoms with van der Waals surface area (Å²) in [4.78, 5) is 4.63. The number of fused-ring (bicyclic) bond motifs is 3. The first kappa shape index (κ1) is 18.2. The van der Waals surface area contributed by atoms with Gasteiger partial charge in [0.1, 0.15) is 5.69 Å². The van der Waals surface area contributed by atoms with Crippen molar-refractivity contribution >= 4 is 45.0 Å². The van der Waals surface area contributed by atoms with E-state index in [2.05, 4.69) is 49.2 Å². The lowest BCUT2D eigenvalue weighted by atomic mass is 10.1. The summed E-state index contributed by atoms with van der Waals surface area (Å²) in [5, 5.41) is 7.95. The summed E-state index contributed by atoms with van der Waals surface area (Å²) in [5.41, 5.74) is 7.02. The second-order valence-corrected chi connectivity index (χ2v) is 8.04. The van der Waals surface area contributed by atoms with Crippen LogP contribution in [-0.4, -0.2) is 14.8 Å². The summed E-state index contributed by atoms with van der Waals surface area (Å²) < 4.78 is 1.97. The summed E-state index contributed by atoms with van der Waals surface area (Å²) in [6.45, 7) is 4.21. The SMILES string of the molecule is Cc1ccc(-n2nc(-c3ccccc3)c3cnc4c(Cl)cc(Cl)cc4c32)cc1C. The van der Waals surface area contributed by atoms with Crippen LogP contribution in [0.2, 0.25) is 10.0 Å². The molecule has 0 aliphatic heterocycles. The normalized spacial score (nSPS) is 11.4. The molecule has 29 heavy (non-hydrogen) atoms. The summed E-state index contributed by atoms with van der Waals surface area (Å²) in [6, 6.07) is 20.1. The number of rotatable bonds is 2. The van der Waals surface area contributed by atoms with Crippen LogP contribution >= 0.6 is 23.2 Å². The first-order valence-electron chi connectivity index (χ1n) is 9.32. The molecule has 0 saturated carbocycles. The highest BCUT2D eigenvalue weighted by molar-refractivity contribution is 6.39. The minimum absolute atomic E-state index is 0.531. The molecule has 0 amide bonds. The largest absolute Gasteiger partial charge is 0.254 e. The molecule has 0 fully saturated rings. The predicted molar refractivity (Wildman–Crippen MR) is 121 cm³/mol. The molecule has 0 aliphatic rings. The molecule has 0 bridgehead atoms. The lowest BCUT2D eigenvalue weighted by molar-refractivity contribution is 0.915. The molecule has 5 heteroatoms. The zero-order valence-corrected chi connectivity index (χ0v) is 17.5. The van der Waals surface area contributed by atoms with E-state index in [0.29, 0.717) is 15.6 Å². The van der Waals surface area contributed by atoms with Gasteiger partial charge in [-0.05, 0) is 49.2 Å². The predicted octanol–water partition coefficient (Wildman–Crippen LogP) is 7.16. The third-order valence-corrected chi connectivity index (χ3v) is 5.82. The van der Waals surface area contributed by atoms with Crippen molar-refractivity contribution in [3.63, 3.8) is 0 Å². The Bertz CT molecular complexity index is 1390. The Labute approximate surface area is 178 Å². The van der Waals surface area contributed by atoms with Crippen molar-refractivity contribution in [2.24, 2.45) is 0 Å². The molecule has 0 atom stereocenters. The molecule has 3 aromatic carbocycles. The Hall–Kier alpha value is -2.88. The number of benzene rings is 3. The molecule has 0 aliphatic carbocycles. The van der Waals surface area contributed by atoms with Crippen molar-refractivity contribution in [1.29, 1.82) is 0 Å². The van der Waals surface area contributed by atoms with Crippen molar-refractivity contribution < 1.29 is 0 Å². The highest BCUT2D eigenvalue weighted by Gasteiger charge is 2.18. The fourth-order valence-corrected chi connectivity index (χ4v) is 4.21. The van der Waals surface area contributed by atoms with Crippen LogP contribution in [0.15, 0.2) is 66.9 Å². The van der Waals surface area contributed by atoms with Gasteiger partial charge in [0.05, 0.1) is 21.7 Å². The van der Waals surface area contributed by atoms with E-state index in [9.17, 15) is 0 Å². The number of aromatic nitrogens is 3. The maximum absolute atomic E-state index is 6.45. The van der Waals surface area contributed by atoms with E-state index in [4.69, 9.17) is 28.3 Å². The minimum atomic E-state index is 0.531. The minimum Gasteiger partial charge on any atom is -0.254 e. The average molecular weight is 418 g/mol. The van der Waals surface area contributed by atoms with Crippen molar-refractivity contribution in [2.75, 3.05) is 0 Å². The molecular formula is C24H17Cl2N3. The van der Waals surface area contributed by atoms with Crippen LogP contribution < -0.4 is 0 Å². The van der Waals surface area contributed by atoms with Crippen LogP contribution in [0, 0.1) is 13.8 Å². The first-order valence-corrected chi connectivity index (χ1v) is 10.1. The zero-order valence-electron chi connectivity index (χ0n) is 15.9. The van der Waals surface area contributed by atoms with Crippen molar-refractivity contribution in [1.82, 2.24) is 14.8 Å². The number of nitrogens with zero attached hydrogens (tertiary/aromatic N) is 3. The summed E-state index contributed by atoms with van der Waals surface area (Å²) in [5.74, 6) is 0. The average Bonchev–Trinajstić information content (AvgIpc) is 3.11. The summed E-state index contributed by atoms with van der Waals surface area (Å²) in [6.07, 6.45) is 1.85. The molecule has 0 radical (unpaired) electrons. The van der Waals surface area contributed by atoms with Crippen molar-refractivity contribution in [2.45, 2.75) is 13.8 Å². The van der Waals surface area contributed by atoms with Gasteiger partial charge in [-0.15, -0.1) is 0 Å². The fourth-order valence-electron chi connectivity index (χ4n) is 3.67. The standard InChI is InChI=1S/C24H17Cl2N3/c1-14-8-9-18(10-15(14)2)29-24-19-11-17(25)12-21(26)23(19)27-13-20(24)22(28-29)16-6-4-3-5-7-16/h3-13H,1-2H3. The highest BCUT2D eigenvalue weighted by Crippen LogP contribution is 2.37. The Morgan fingerprint density at radius 3 is 2.38 bits per heavy atom. The lowest BCUT2D eigenvalue weighted by Crippen LogP contribution is -1.98. The van der Waals surface area contributed by atoms with E-state index in [1.165, 1.54) is 11.1 Å². The van der Waals surface area contributed by atoms with Gasteiger partial charge < -0.3 is 0 Å². The quantitative estimate of drug-likeness (QED) is 0.304. The number of pyridine rings is 1. The molecule has 2 heterocycles. The van der Waals surface area contributed by atoms with Crippen LogP contribution in [0.5, 0.6) is 0 Å². The number of halogens is 2. The van der Waals surface area contributed by atoms with E-state index in [1.807, 2.05) is 35.1 Å². The second-order valence-electron chi connectivity index (χ2n) is 7.20. The van der Waals surface area contributed by atoms with E-state index >= 15 is 0 Å². The molecule has 3 nitrogen and oxygen atoms in total. The fraction of sp³-hybridized carbons (Fsp3) is 0.0833. The Balaban J connectivity index is 1.94. The Morgan fingerprint density at radius 2 is 1.62 bits per heavy atom. The van der Waals surface area contributed by atoms with Gasteiger partial charge in [0.15, 0.2) is 0 Å². The van der Waals surface area contributed by atoms with Gasteiger partial charge in [0.25, 0.3) is 0 Å². The van der Waals surface area contributed by atoms with Crippen LogP contribution in [0.1, 0.15) is 11.1 Å². The van der Waals surface area contributed by atoms with Crippen LogP contribution in [0.25, 0.3) is 38.8 Å². The van der Waals surface area contributed by atoms with Crippen molar-refractivity contribution in [3.8, 4) is 16.9 Å². The van der Waals surface area contributed by atoms with Crippen LogP contribution in [0.4, 0.5) is 0 Å². The smallest absolute Gasteiger partial charge is 0.102 e. The zero-order chi connectivity index (χ0) is 20.1. The summed E-state index contributed by atoms with van der Waals surface area (Å²) in [7, 11) is 0. The van der Waals surface area contributed by atoms with Gasteiger partial charge in [-0.1, -0.05) is 59.6 Å². The van der Waals surface area contributed by atoms with Gasteiger partial charge in [-0.2, -0.15) is 5.10 Å². The van der Waals surface area contributed by atoms with E-state index in [-0.39, 0.29) is 0 Å². The molecular weight excluding hydrogens is 401 g/mol. The lowest BCUT2D eigenvalue weighted by Gasteiger charge is -2.09. The Kier molecular flexibility index (Phi) is 4.30. The highest BCUT2D eigenvalue weighted by atomic mass is 35.5. The maximum atomic E-state index is 6.45. The van der Waals surface area contributed by atoms with Gasteiger partial charge in [-0.3, -0.25) is 4.98 Å². The van der Waals surface area contributed by atoms with Gasteiger partial charge in [0, 0.05) is 27.6 Å². The monoisotopic (exact) mass is 417 g/mol. The topological polar surface area (TPSA) is 30.7 Å². The molecule has 5 rings (SSSR count). The maximum Gasteiger partial charge on any atom is 0.102 e. The van der Waals surface area contributed by atoms with Crippen molar-refractivity contribution in [3.05, 3.63) is 88.0 Å². The molecule has 142 valence electrons. The number of aryl methyl sites for hydroxylation is 2. The molecule has 0 N–H and O–H groups in total. The molecule has 2 aromatic heterocycles. The van der Waals surface area contributed by atoms with E-state index in [1.54, 1.807) is 6.07 Å². The Morgan fingerprint density at radius 1 is 0.828 bits per heavy atom. The number of hydrogen-bond acceptors (Lipinski definition) is 2. The van der Waals surface area contributed by atoms with Gasteiger partial charge >= 0.3 is 0 Å². The van der Waals surface area contributed by atoms with Crippen LogP contribution in [-0.2, 0) is 0 Å². The van der Waals surface area contributed by atoms with Gasteiger partial charge in [-0.25, -0.2) is 4.68 Å². The number of hydrogen-bond donors (Lipinski definition) is 0. The third kappa shape index (κ3) is 2.98. The van der Waals surface area contributed by atoms with E-state index < -0.39 is 0 Å². The first-order chi connectivity index (χ1) is 14.0. The third-order valence-electron chi connectivity index (χ3n) is 5.31. The molecule has 0 unspecified atom stereocenters. The molecule has 5 aromatic rings. The second kappa shape index (κ2) is 6.87. The van der Waals surface area contributed by atoms with Crippen LogP contribution in [0.3, 0.4) is 0 Å².